The van der Waals surface area contributed by atoms with E-state index in [-0.39, 0.29) is 68.5 Å². The van der Waals surface area contributed by atoms with Gasteiger partial charge >= 0.3 is 159 Å². The Kier molecular flexibility index (Phi) is 40.1. The van der Waals surface area contributed by atoms with Gasteiger partial charge in [-0.1, -0.05) is 34.6 Å². The van der Waals surface area contributed by atoms with Crippen molar-refractivity contribution in [2.75, 3.05) is 46.3 Å². The predicted molar refractivity (Wildman–Crippen MR) is 331 cm³/mol. The second-order valence-corrected chi connectivity index (χ2v) is 37.5. The number of rotatable bonds is 24. The minimum atomic E-state index is -5.03. The van der Waals surface area contributed by atoms with E-state index >= 15 is 0 Å². The number of aliphatic hydroxyl groups excluding tert-OH is 6. The van der Waals surface area contributed by atoms with Crippen LogP contribution in [0, 0.1) is 35.5 Å². The molecule has 0 saturated carbocycles. The number of hydrogen-bond acceptors (Lipinski definition) is 30. The van der Waals surface area contributed by atoms with E-state index in [0.29, 0.717) is 0 Å². The first-order valence-electron chi connectivity index (χ1n) is 27.2. The van der Waals surface area contributed by atoms with Crippen LogP contribution < -0.4 is 0 Å². The Balaban J connectivity index is 0.000000578. The molecular formula is C37H76B7O42P9Se. The zero-order valence-corrected chi connectivity index (χ0v) is 61.2. The molecule has 0 spiro atoms. The molecule has 548 valence electrons. The molecule has 6 rings (SSSR count). The molecule has 27 atom stereocenters. The Morgan fingerprint density at radius 1 is 0.312 bits per heavy atom. The topological polar surface area (TPSA) is 659 Å². The summed E-state index contributed by atoms with van der Waals surface area (Å²) < 4.78 is 155. The monoisotopic (exact) mass is 1630 g/mol. The van der Waals surface area contributed by atoms with Crippen LogP contribution in [-0.2, 0) is 105 Å². The Hall–Kier alpha value is 1.88. The van der Waals surface area contributed by atoms with E-state index in [0.717, 1.165) is 6.66 Å². The molecule has 19 N–H and O–H groups in total. The van der Waals surface area contributed by atoms with Gasteiger partial charge in [-0.2, -0.15) is 0 Å². The maximum absolute atomic E-state index is 11.6. The van der Waals surface area contributed by atoms with Crippen molar-refractivity contribution in [2.45, 2.75) is 151 Å². The van der Waals surface area contributed by atoms with Crippen LogP contribution in [0.4, 0.5) is 0 Å². The fourth-order valence-electron chi connectivity index (χ4n) is 8.07. The van der Waals surface area contributed by atoms with Crippen LogP contribution >= 0.6 is 68.2 Å². The molecule has 0 aromatic carbocycles. The van der Waals surface area contributed by atoms with Gasteiger partial charge < -0.3 is 107 Å². The predicted octanol–water partition coefficient (Wildman–Crippen LogP) is -5.10. The zero-order chi connectivity index (χ0) is 75.2. The number of aliphatic hydroxyl groups is 6. The minimum absolute atomic E-state index is 0.277. The van der Waals surface area contributed by atoms with Gasteiger partial charge in [0.2, 0.25) is 7.57 Å². The average Bonchev–Trinajstić information content (AvgIpc) is 1.63. The fourth-order valence-corrected chi connectivity index (χ4v) is 16.6. The Morgan fingerprint density at radius 3 is 0.677 bits per heavy atom. The number of ether oxygens (including phenoxy) is 6. The van der Waals surface area contributed by atoms with Gasteiger partial charge in [-0.15, -0.1) is 0 Å². The number of phosphoric acid groups is 6. The smallest absolute Gasteiger partial charge is 0.390 e. The number of hydrogen-bond donors (Lipinski definition) is 19. The van der Waals surface area contributed by atoms with Gasteiger partial charge in [0.1, 0.15) is 69.8 Å². The standard InChI is InChI=1S/C7H15BO8P2.C6H12B2O8P2.C6H13BO8P2Se.3C6H12BO6P/c1-4-6(9)5(15-7(4)8)3-14-17(2,10)16-18(11,12)13;1-3-5(9)4(15-6(3)7)2-14-17(8,10)16-18(11,12)13;1-3-5(8)4(14-6(3)7)2-13-17(12,18)15-16(9,10)11;3*1-3-5(8)4(13-6(3)7)2-12-14(9,10)11/h4-7,9H,3H2,1-2H3,(H2,11,12,13);3-6,9H,2H2,1H3,(H2,11,12,13);3-6,8H,2H2,1H3,(H,12,18)(H2,9,10,11);3*3-6,8H,2H2,1H3,(H2,9,10,11)/t4-,5-,6+,7-,17?;2*3-,4-,5+,6-,17?;3*3-,4-,5+,6-/m111111/s1. The van der Waals surface area contributed by atoms with E-state index in [1.54, 1.807) is 41.5 Å². The summed E-state index contributed by atoms with van der Waals surface area (Å²) in [6.45, 7) is 8.74. The van der Waals surface area contributed by atoms with E-state index in [1.807, 2.05) is 15.1 Å². The van der Waals surface area contributed by atoms with Crippen molar-refractivity contribution in [2.24, 2.45) is 35.5 Å². The van der Waals surface area contributed by atoms with Crippen molar-refractivity contribution < 1.29 is 199 Å². The van der Waals surface area contributed by atoms with Crippen molar-refractivity contribution in [3.8, 4) is 0 Å². The second kappa shape index (κ2) is 40.2. The van der Waals surface area contributed by atoms with Gasteiger partial charge in [0, 0.05) is 66.3 Å². The minimum Gasteiger partial charge on any atom is -0.390 e. The summed E-state index contributed by atoms with van der Waals surface area (Å²) in [5.74, 6) is -1.83. The van der Waals surface area contributed by atoms with Gasteiger partial charge in [-0.25, -0.2) is 31.4 Å². The molecule has 6 fully saturated rings. The van der Waals surface area contributed by atoms with Crippen LogP contribution in [0.1, 0.15) is 41.5 Å². The summed E-state index contributed by atoms with van der Waals surface area (Å²) in [5.41, 5.74) is 0. The molecule has 0 amide bonds. The molecule has 14 radical (unpaired) electrons. The van der Waals surface area contributed by atoms with E-state index in [1.165, 1.54) is 0 Å². The molecule has 96 heavy (non-hydrogen) atoms. The Bertz CT molecular complexity index is 2540. The van der Waals surface area contributed by atoms with Crippen LogP contribution in [0.2, 0.25) is 0 Å². The normalized spacial score (nSPS) is 37.5. The van der Waals surface area contributed by atoms with E-state index in [4.69, 9.17) is 151 Å². The molecule has 42 nitrogen and oxygen atoms in total. The zero-order valence-electron chi connectivity index (χ0n) is 51.5. The summed E-state index contributed by atoms with van der Waals surface area (Å²) in [4.78, 5) is 111. The van der Waals surface area contributed by atoms with Crippen molar-refractivity contribution in [3.05, 3.63) is 0 Å². The van der Waals surface area contributed by atoms with E-state index in [2.05, 4.69) is 31.0 Å². The third-order valence-electron chi connectivity index (χ3n) is 13.8. The molecular weight excluding hydrogens is 1550 g/mol. The van der Waals surface area contributed by atoms with E-state index in [9.17, 15) is 72.1 Å². The summed E-state index contributed by atoms with van der Waals surface area (Å²) >= 11 is 2.03. The largest absolute Gasteiger partial charge is 0.476 e. The van der Waals surface area contributed by atoms with Gasteiger partial charge in [0.25, 0.3) is 7.47 Å². The van der Waals surface area contributed by atoms with E-state index < -0.39 is 184 Å². The molecule has 0 aliphatic carbocycles. The third kappa shape index (κ3) is 37.4. The van der Waals surface area contributed by atoms with Crippen molar-refractivity contribution in [1.82, 2.24) is 0 Å². The molecule has 59 heteroatoms. The molecule has 3 unspecified atom stereocenters. The first-order chi connectivity index (χ1) is 43.0. The first-order valence-corrected chi connectivity index (χ1v) is 43.7. The van der Waals surface area contributed by atoms with Crippen LogP contribution in [0.5, 0.6) is 0 Å². The first kappa shape index (κ1) is 95.9. The van der Waals surface area contributed by atoms with Gasteiger partial charge in [-0.05, 0) is 0 Å². The summed E-state index contributed by atoms with van der Waals surface area (Å²) in [7, 11) is 1.23. The molecule has 6 aliphatic heterocycles. The SMILES string of the molecule is [B][C@@H]1O[C@H](COP(=O)(O)O)[C@@H](O)[C@H]1C.[B][C@@H]1O[C@H](COP(=O)(O)O)[C@@H](O)[C@H]1C.[B][C@@H]1O[C@H](COP(=O)(O)O)[C@@H](O)[C@H]1C.[B][C@@H]1O[C@H](COP(C)(=O)OP(=O)(O)O)[C@@H](O)[C@H]1C.[B][C@@H]1O[C@H](COP(O)(=[Se])OP(=O)(O)O)[C@@H](O)[C@H]1C.[B][C@@H]1O[C@H](COP([B])(=O)OP(=O)(O)O)[C@@H](O)[C@H]1C. The van der Waals surface area contributed by atoms with Gasteiger partial charge in [-0.3, -0.25) is 22.7 Å². The van der Waals surface area contributed by atoms with Gasteiger partial charge in [0.05, 0.1) is 63.6 Å². The maximum atomic E-state index is 11.6. The van der Waals surface area contributed by atoms with Crippen molar-refractivity contribution in [1.29, 1.82) is 0 Å². The Labute approximate surface area is 567 Å². The average molecular weight is 1630 g/mol. The quantitative estimate of drug-likeness (QED) is 0.0318. The Morgan fingerprint density at radius 2 is 0.500 bits per heavy atom. The van der Waals surface area contributed by atoms with Crippen LogP contribution in [0.25, 0.3) is 0 Å². The molecule has 6 aliphatic rings. The molecule has 6 heterocycles. The summed E-state index contributed by atoms with van der Waals surface area (Å²) in [6, 6.07) is -3.94. The third-order valence-corrected chi connectivity index (χ3v) is 24.3. The maximum Gasteiger partial charge on any atom is 0.476 e. The summed E-state index contributed by atoms with van der Waals surface area (Å²) in [6.07, 6.45) is -14.0. The number of phosphoric ester groups is 3. The second-order valence-electron chi connectivity index (χ2n) is 21.7. The molecule has 0 bridgehead atoms. The molecule has 0 aromatic rings. The molecule has 0 aromatic heterocycles. The van der Waals surface area contributed by atoms with Crippen LogP contribution in [0.15, 0.2) is 0 Å². The van der Waals surface area contributed by atoms with Crippen molar-refractivity contribution in [3.63, 3.8) is 0 Å². The van der Waals surface area contributed by atoms with Crippen LogP contribution in [-0.4, -0.2) is 320 Å². The fraction of sp³-hybridized carbons (Fsp3) is 1.00. The van der Waals surface area contributed by atoms with Crippen molar-refractivity contribution >= 4 is 138 Å². The van der Waals surface area contributed by atoms with Gasteiger partial charge in [0.15, 0.2) is 0 Å². The summed E-state index contributed by atoms with van der Waals surface area (Å²) in [5, 5.41) is 57.5. The van der Waals surface area contributed by atoms with Crippen LogP contribution in [0.3, 0.4) is 0 Å². The molecule has 6 saturated heterocycles.